The first-order valence-corrected chi connectivity index (χ1v) is 9.15. The molecule has 2 aromatic heterocycles. The van der Waals surface area contributed by atoms with Crippen LogP contribution in [-0.2, 0) is 0 Å². The van der Waals surface area contributed by atoms with Crippen molar-refractivity contribution in [3.63, 3.8) is 0 Å². The zero-order chi connectivity index (χ0) is 16.5. The fourth-order valence-corrected chi connectivity index (χ4v) is 3.65. The van der Waals surface area contributed by atoms with Crippen LogP contribution in [0.15, 0.2) is 48.7 Å². The summed E-state index contributed by atoms with van der Waals surface area (Å²) < 4.78 is 3.17. The molecule has 0 saturated carbocycles. The van der Waals surface area contributed by atoms with Crippen LogP contribution in [0.2, 0.25) is 0 Å². The van der Waals surface area contributed by atoms with E-state index in [1.807, 2.05) is 58.0 Å². The lowest BCUT2D eigenvalue weighted by molar-refractivity contribution is 0.0704. The van der Waals surface area contributed by atoms with Crippen molar-refractivity contribution in [3.8, 4) is 0 Å². The molecule has 122 valence electrons. The summed E-state index contributed by atoms with van der Waals surface area (Å²) in [6, 6.07) is 13.6. The van der Waals surface area contributed by atoms with Crippen LogP contribution >= 0.6 is 22.6 Å². The molecule has 0 radical (unpaired) electrons. The Hall–Kier alpha value is -1.96. The Labute approximate surface area is 153 Å². The van der Waals surface area contributed by atoms with E-state index in [2.05, 4.69) is 32.8 Å². The molecule has 1 aromatic carbocycles. The van der Waals surface area contributed by atoms with E-state index in [4.69, 9.17) is 0 Å². The maximum atomic E-state index is 12.8. The smallest absolute Gasteiger partial charge is 0.253 e. The monoisotopic (exact) mass is 432 g/mol. The van der Waals surface area contributed by atoms with Crippen molar-refractivity contribution in [2.75, 3.05) is 13.1 Å². The van der Waals surface area contributed by atoms with Gasteiger partial charge in [0.25, 0.3) is 5.91 Å². The average molecular weight is 432 g/mol. The molecule has 0 spiro atoms. The molecule has 1 unspecified atom stereocenters. The fourth-order valence-electron chi connectivity index (χ4n) is 3.29. The Morgan fingerprint density at radius 2 is 1.96 bits per heavy atom. The molecule has 1 saturated heterocycles. The number of carbonyl (C=O) groups excluding carboxylic acids is 1. The summed E-state index contributed by atoms with van der Waals surface area (Å²) in [4.78, 5) is 14.7. The molecule has 1 fully saturated rings. The highest BCUT2D eigenvalue weighted by atomic mass is 127. The van der Waals surface area contributed by atoms with E-state index in [0.29, 0.717) is 6.54 Å². The van der Waals surface area contributed by atoms with Gasteiger partial charge >= 0.3 is 0 Å². The van der Waals surface area contributed by atoms with Gasteiger partial charge in [0.15, 0.2) is 5.65 Å². The standard InChI is InChI=1S/C18H17IN4O/c19-15-8-6-13(7-9-15)18(24)22-10-3-4-14(12-22)17-21-20-16-5-1-2-11-23(16)17/h1-2,5-9,11,14H,3-4,10,12H2. The Bertz CT molecular complexity index is 874. The number of halogens is 1. The molecule has 5 nitrogen and oxygen atoms in total. The number of carbonyl (C=O) groups is 1. The molecule has 0 N–H and O–H groups in total. The van der Waals surface area contributed by atoms with E-state index in [9.17, 15) is 4.79 Å². The summed E-state index contributed by atoms with van der Waals surface area (Å²) in [6.07, 6.45) is 4.01. The normalized spacial score (nSPS) is 18.0. The number of amides is 1. The Kier molecular flexibility index (Phi) is 4.22. The molecule has 1 amide bonds. The summed E-state index contributed by atoms with van der Waals surface area (Å²) in [5.41, 5.74) is 1.61. The number of nitrogens with zero attached hydrogens (tertiary/aromatic N) is 4. The Morgan fingerprint density at radius 1 is 1.12 bits per heavy atom. The van der Waals surface area contributed by atoms with E-state index in [-0.39, 0.29) is 11.8 Å². The summed E-state index contributed by atoms with van der Waals surface area (Å²) in [7, 11) is 0. The van der Waals surface area contributed by atoms with Crippen LogP contribution in [0.5, 0.6) is 0 Å². The summed E-state index contributed by atoms with van der Waals surface area (Å²) in [6.45, 7) is 1.50. The van der Waals surface area contributed by atoms with Crippen molar-refractivity contribution in [2.24, 2.45) is 0 Å². The van der Waals surface area contributed by atoms with Crippen LogP contribution in [-0.4, -0.2) is 38.5 Å². The van der Waals surface area contributed by atoms with Gasteiger partial charge in [0, 0.05) is 34.3 Å². The highest BCUT2D eigenvalue weighted by molar-refractivity contribution is 14.1. The van der Waals surface area contributed by atoms with Gasteiger partial charge in [0.1, 0.15) is 5.82 Å². The highest BCUT2D eigenvalue weighted by Gasteiger charge is 2.28. The number of fused-ring (bicyclic) bond motifs is 1. The lowest BCUT2D eigenvalue weighted by Crippen LogP contribution is -2.39. The third-order valence-electron chi connectivity index (χ3n) is 4.51. The van der Waals surface area contributed by atoms with Crippen LogP contribution < -0.4 is 0 Å². The fraction of sp³-hybridized carbons (Fsp3) is 0.278. The molecule has 3 heterocycles. The second-order valence-electron chi connectivity index (χ2n) is 6.08. The van der Waals surface area contributed by atoms with Crippen LogP contribution in [0.1, 0.15) is 34.9 Å². The largest absolute Gasteiger partial charge is 0.338 e. The maximum Gasteiger partial charge on any atom is 0.253 e. The molecular weight excluding hydrogens is 415 g/mol. The van der Waals surface area contributed by atoms with Gasteiger partial charge in [0.05, 0.1) is 0 Å². The molecule has 1 atom stereocenters. The lowest BCUT2D eigenvalue weighted by atomic mass is 9.96. The van der Waals surface area contributed by atoms with Crippen molar-refractivity contribution in [2.45, 2.75) is 18.8 Å². The van der Waals surface area contributed by atoms with Gasteiger partial charge in [-0.25, -0.2) is 0 Å². The molecule has 1 aliphatic rings. The van der Waals surface area contributed by atoms with E-state index in [1.54, 1.807) is 0 Å². The predicted molar refractivity (Wildman–Crippen MR) is 100 cm³/mol. The minimum Gasteiger partial charge on any atom is -0.338 e. The van der Waals surface area contributed by atoms with Gasteiger partial charge in [-0.05, 0) is 71.8 Å². The van der Waals surface area contributed by atoms with Crippen molar-refractivity contribution in [3.05, 3.63) is 63.6 Å². The second kappa shape index (κ2) is 6.51. The molecule has 0 bridgehead atoms. The molecule has 1 aliphatic heterocycles. The van der Waals surface area contributed by atoms with Crippen molar-refractivity contribution < 1.29 is 4.79 Å². The van der Waals surface area contributed by atoms with E-state index in [0.717, 1.165) is 40.0 Å². The number of aromatic nitrogens is 3. The summed E-state index contributed by atoms with van der Waals surface area (Å²) in [5.74, 6) is 1.28. The maximum absolute atomic E-state index is 12.8. The minimum absolute atomic E-state index is 0.102. The quantitative estimate of drug-likeness (QED) is 0.584. The molecular formula is C18H17IN4O. The van der Waals surface area contributed by atoms with Crippen LogP contribution in [0.25, 0.3) is 5.65 Å². The molecule has 0 aliphatic carbocycles. The van der Waals surface area contributed by atoms with Crippen LogP contribution in [0.3, 0.4) is 0 Å². The minimum atomic E-state index is 0.102. The van der Waals surface area contributed by atoms with Crippen LogP contribution in [0, 0.1) is 3.57 Å². The zero-order valence-corrected chi connectivity index (χ0v) is 15.3. The average Bonchev–Trinajstić information content (AvgIpc) is 3.06. The van der Waals surface area contributed by atoms with Crippen molar-refractivity contribution >= 4 is 34.1 Å². The molecule has 4 rings (SSSR count). The number of pyridine rings is 1. The summed E-state index contributed by atoms with van der Waals surface area (Å²) >= 11 is 2.25. The first-order chi connectivity index (χ1) is 11.7. The number of hydrogen-bond donors (Lipinski definition) is 0. The second-order valence-corrected chi connectivity index (χ2v) is 7.33. The Morgan fingerprint density at radius 3 is 2.79 bits per heavy atom. The summed E-state index contributed by atoms with van der Waals surface area (Å²) in [5, 5.41) is 8.61. The van der Waals surface area contributed by atoms with Gasteiger partial charge < -0.3 is 4.90 Å². The van der Waals surface area contributed by atoms with Gasteiger partial charge in [-0.1, -0.05) is 6.07 Å². The topological polar surface area (TPSA) is 50.5 Å². The van der Waals surface area contributed by atoms with Crippen molar-refractivity contribution in [1.29, 1.82) is 0 Å². The van der Waals surface area contributed by atoms with E-state index < -0.39 is 0 Å². The number of benzene rings is 1. The van der Waals surface area contributed by atoms with E-state index >= 15 is 0 Å². The third kappa shape index (κ3) is 2.90. The van der Waals surface area contributed by atoms with E-state index in [1.165, 1.54) is 0 Å². The number of likely N-dealkylation sites (tertiary alicyclic amines) is 1. The number of piperidine rings is 1. The lowest BCUT2D eigenvalue weighted by Gasteiger charge is -2.32. The first-order valence-electron chi connectivity index (χ1n) is 8.07. The first kappa shape index (κ1) is 15.6. The van der Waals surface area contributed by atoms with Gasteiger partial charge in [-0.2, -0.15) is 0 Å². The van der Waals surface area contributed by atoms with Crippen molar-refractivity contribution in [1.82, 2.24) is 19.5 Å². The SMILES string of the molecule is O=C(c1ccc(I)cc1)N1CCCC(c2nnc3ccccn23)C1. The van der Waals surface area contributed by atoms with Gasteiger partial charge in [-0.3, -0.25) is 9.20 Å². The molecule has 6 heteroatoms. The zero-order valence-electron chi connectivity index (χ0n) is 13.1. The highest BCUT2D eigenvalue weighted by Crippen LogP contribution is 2.27. The Balaban J connectivity index is 1.57. The molecule has 3 aromatic rings. The third-order valence-corrected chi connectivity index (χ3v) is 5.22. The predicted octanol–water partition coefficient (Wildman–Crippen LogP) is 3.35. The number of hydrogen-bond acceptors (Lipinski definition) is 3. The molecule has 24 heavy (non-hydrogen) atoms. The van der Waals surface area contributed by atoms with Gasteiger partial charge in [0.2, 0.25) is 0 Å². The van der Waals surface area contributed by atoms with Crippen LogP contribution in [0.4, 0.5) is 0 Å². The number of rotatable bonds is 2. The van der Waals surface area contributed by atoms with Gasteiger partial charge in [-0.15, -0.1) is 10.2 Å².